The predicted octanol–water partition coefficient (Wildman–Crippen LogP) is 1.54. The molecular formula is C15H16N6O2. The van der Waals surface area contributed by atoms with E-state index in [9.17, 15) is 0 Å². The van der Waals surface area contributed by atoms with Crippen molar-refractivity contribution in [1.82, 2.24) is 30.3 Å². The van der Waals surface area contributed by atoms with Crippen LogP contribution in [0.1, 0.15) is 29.9 Å². The molecule has 1 aliphatic heterocycles. The molecule has 8 heteroatoms. The normalized spacial score (nSPS) is 17.7. The largest absolute Gasteiger partial charge is 0.381 e. The number of H-pyrrole nitrogens is 1. The molecule has 3 aromatic heterocycles. The van der Waals surface area contributed by atoms with E-state index in [0.717, 1.165) is 30.2 Å². The van der Waals surface area contributed by atoms with Crippen LogP contribution < -0.4 is 0 Å². The maximum Gasteiger partial charge on any atom is 0.227 e. The van der Waals surface area contributed by atoms with E-state index in [1.54, 1.807) is 12.4 Å². The van der Waals surface area contributed by atoms with Crippen LogP contribution >= 0.6 is 0 Å². The van der Waals surface area contributed by atoms with Crippen molar-refractivity contribution in [2.24, 2.45) is 0 Å². The number of nitrogens with one attached hydrogen (secondary N) is 1. The molecule has 118 valence electrons. The summed E-state index contributed by atoms with van der Waals surface area (Å²) in [6.07, 6.45) is 5.69. The fourth-order valence-electron chi connectivity index (χ4n) is 2.54. The topological polar surface area (TPSA) is 103 Å². The Hall–Kier alpha value is -2.61. The number of aromatic amines is 1. The first kappa shape index (κ1) is 14.0. The van der Waals surface area contributed by atoms with E-state index in [1.807, 2.05) is 12.1 Å². The van der Waals surface area contributed by atoms with Gasteiger partial charge in [0.05, 0.1) is 6.61 Å². The maximum atomic E-state index is 5.36. The summed E-state index contributed by atoms with van der Waals surface area (Å²) in [6, 6.07) is 3.74. The molecule has 0 saturated carbocycles. The lowest BCUT2D eigenvalue weighted by molar-refractivity contribution is 0.193. The van der Waals surface area contributed by atoms with Crippen LogP contribution in [0, 0.1) is 0 Å². The highest BCUT2D eigenvalue weighted by Gasteiger charge is 2.22. The average Bonchev–Trinajstić information content (AvgIpc) is 3.33. The molecule has 0 bridgehead atoms. The molecule has 1 atom stereocenters. The molecule has 1 saturated heterocycles. The number of ether oxygens (including phenoxy) is 1. The van der Waals surface area contributed by atoms with Crippen molar-refractivity contribution in [2.75, 3.05) is 13.2 Å². The quantitative estimate of drug-likeness (QED) is 0.762. The van der Waals surface area contributed by atoms with Gasteiger partial charge in [0, 0.05) is 43.3 Å². The third kappa shape index (κ3) is 3.11. The van der Waals surface area contributed by atoms with Gasteiger partial charge >= 0.3 is 0 Å². The number of nitrogens with zero attached hydrogens (tertiary/aromatic N) is 5. The minimum atomic E-state index is 0.306. The number of pyridine rings is 1. The Morgan fingerprint density at radius 2 is 2.26 bits per heavy atom. The zero-order valence-corrected chi connectivity index (χ0v) is 12.5. The van der Waals surface area contributed by atoms with Gasteiger partial charge in [-0.3, -0.25) is 10.1 Å². The molecule has 4 rings (SSSR count). The zero-order valence-electron chi connectivity index (χ0n) is 12.5. The third-order valence-electron chi connectivity index (χ3n) is 3.81. The first-order valence-corrected chi connectivity index (χ1v) is 7.60. The van der Waals surface area contributed by atoms with Crippen molar-refractivity contribution in [3.8, 4) is 11.4 Å². The summed E-state index contributed by atoms with van der Waals surface area (Å²) in [4.78, 5) is 13.0. The highest BCUT2D eigenvalue weighted by atomic mass is 16.5. The van der Waals surface area contributed by atoms with Gasteiger partial charge in [-0.15, -0.1) is 0 Å². The van der Waals surface area contributed by atoms with Crippen molar-refractivity contribution >= 4 is 0 Å². The van der Waals surface area contributed by atoms with Gasteiger partial charge in [-0.05, 0) is 18.6 Å². The average molecular weight is 312 g/mol. The second kappa shape index (κ2) is 6.25. The van der Waals surface area contributed by atoms with E-state index in [2.05, 4.69) is 30.3 Å². The summed E-state index contributed by atoms with van der Waals surface area (Å²) in [5.74, 6) is 3.09. The smallest absolute Gasteiger partial charge is 0.227 e. The molecule has 0 amide bonds. The zero-order chi connectivity index (χ0) is 15.5. The van der Waals surface area contributed by atoms with E-state index in [1.165, 1.54) is 0 Å². The van der Waals surface area contributed by atoms with Crippen LogP contribution in [0.25, 0.3) is 11.4 Å². The standard InChI is InChI=1S/C15H16N6O2/c1-2-10(8-16-6-1)15-18-13(23-21-15)4-3-12-17-14(20-19-12)11-5-7-22-9-11/h1-2,6,8,11H,3-5,7,9H2,(H,17,19,20)/t11-/m1/s1. The van der Waals surface area contributed by atoms with Crippen LogP contribution in [0.5, 0.6) is 0 Å². The number of hydrogen-bond acceptors (Lipinski definition) is 7. The second-order valence-electron chi connectivity index (χ2n) is 5.45. The molecular weight excluding hydrogens is 296 g/mol. The van der Waals surface area contributed by atoms with Gasteiger partial charge < -0.3 is 9.26 Å². The molecule has 4 heterocycles. The van der Waals surface area contributed by atoms with Crippen molar-refractivity contribution in [3.63, 3.8) is 0 Å². The van der Waals surface area contributed by atoms with Crippen molar-refractivity contribution in [1.29, 1.82) is 0 Å². The van der Waals surface area contributed by atoms with Crippen LogP contribution in [0.3, 0.4) is 0 Å². The fourth-order valence-corrected chi connectivity index (χ4v) is 2.54. The highest BCUT2D eigenvalue weighted by Crippen LogP contribution is 2.22. The lowest BCUT2D eigenvalue weighted by Crippen LogP contribution is -2.00. The van der Waals surface area contributed by atoms with Gasteiger partial charge in [-0.1, -0.05) is 5.16 Å². The molecule has 3 aromatic rings. The van der Waals surface area contributed by atoms with E-state index < -0.39 is 0 Å². The van der Waals surface area contributed by atoms with E-state index in [0.29, 0.717) is 37.1 Å². The Morgan fingerprint density at radius 1 is 1.26 bits per heavy atom. The number of aromatic nitrogens is 6. The number of rotatable bonds is 5. The number of aryl methyl sites for hydroxylation is 2. The van der Waals surface area contributed by atoms with Gasteiger partial charge in [0.1, 0.15) is 5.82 Å². The Balaban J connectivity index is 1.39. The Morgan fingerprint density at radius 3 is 3.09 bits per heavy atom. The van der Waals surface area contributed by atoms with E-state index in [-0.39, 0.29) is 0 Å². The van der Waals surface area contributed by atoms with E-state index >= 15 is 0 Å². The second-order valence-corrected chi connectivity index (χ2v) is 5.45. The van der Waals surface area contributed by atoms with Crippen molar-refractivity contribution in [3.05, 3.63) is 42.1 Å². The molecule has 1 aliphatic rings. The summed E-state index contributed by atoms with van der Waals surface area (Å²) < 4.78 is 10.6. The van der Waals surface area contributed by atoms with Crippen molar-refractivity contribution in [2.45, 2.75) is 25.2 Å². The molecule has 23 heavy (non-hydrogen) atoms. The molecule has 0 spiro atoms. The Labute approximate surface area is 132 Å². The summed E-state index contributed by atoms with van der Waals surface area (Å²) in [6.45, 7) is 1.49. The molecule has 1 fully saturated rings. The molecule has 0 radical (unpaired) electrons. The van der Waals surface area contributed by atoms with Crippen molar-refractivity contribution < 1.29 is 9.26 Å². The summed E-state index contributed by atoms with van der Waals surface area (Å²) in [5, 5.41) is 11.2. The summed E-state index contributed by atoms with van der Waals surface area (Å²) in [7, 11) is 0. The van der Waals surface area contributed by atoms with Gasteiger partial charge in [0.15, 0.2) is 5.82 Å². The molecule has 0 aliphatic carbocycles. The van der Waals surface area contributed by atoms with Gasteiger partial charge in [0.2, 0.25) is 11.7 Å². The van der Waals surface area contributed by atoms with Crippen LogP contribution in [-0.2, 0) is 17.6 Å². The minimum absolute atomic E-state index is 0.306. The van der Waals surface area contributed by atoms with Gasteiger partial charge in [0.25, 0.3) is 0 Å². The third-order valence-corrected chi connectivity index (χ3v) is 3.81. The van der Waals surface area contributed by atoms with Gasteiger partial charge in [-0.2, -0.15) is 10.1 Å². The van der Waals surface area contributed by atoms with Crippen LogP contribution in [-0.4, -0.2) is 43.5 Å². The predicted molar refractivity (Wildman–Crippen MR) is 79.5 cm³/mol. The summed E-state index contributed by atoms with van der Waals surface area (Å²) >= 11 is 0. The lowest BCUT2D eigenvalue weighted by Gasteiger charge is -1.98. The Bertz CT molecular complexity index is 763. The van der Waals surface area contributed by atoms with Crippen LogP contribution in [0.2, 0.25) is 0 Å². The number of hydrogen-bond donors (Lipinski definition) is 1. The minimum Gasteiger partial charge on any atom is -0.381 e. The van der Waals surface area contributed by atoms with Crippen LogP contribution in [0.15, 0.2) is 29.0 Å². The monoisotopic (exact) mass is 312 g/mol. The fraction of sp³-hybridized carbons (Fsp3) is 0.400. The van der Waals surface area contributed by atoms with Crippen LogP contribution in [0.4, 0.5) is 0 Å². The van der Waals surface area contributed by atoms with Gasteiger partial charge in [-0.25, -0.2) is 4.98 Å². The molecule has 8 nitrogen and oxygen atoms in total. The summed E-state index contributed by atoms with van der Waals surface area (Å²) in [5.41, 5.74) is 0.839. The Kier molecular flexibility index (Phi) is 3.81. The highest BCUT2D eigenvalue weighted by molar-refractivity contribution is 5.51. The first-order valence-electron chi connectivity index (χ1n) is 7.60. The molecule has 0 aromatic carbocycles. The van der Waals surface area contributed by atoms with E-state index in [4.69, 9.17) is 9.26 Å². The lowest BCUT2D eigenvalue weighted by atomic mass is 10.1. The molecule has 1 N–H and O–H groups in total. The SMILES string of the molecule is c1cncc(-c2noc(CCc3nc([C@@H]4CCOC4)n[nH]3)n2)c1. The first-order chi connectivity index (χ1) is 11.4. The molecule has 0 unspecified atom stereocenters. The maximum absolute atomic E-state index is 5.36.